The lowest BCUT2D eigenvalue weighted by Gasteiger charge is -2.29. The van der Waals surface area contributed by atoms with Crippen LogP contribution in [0.1, 0.15) is 19.4 Å². The summed E-state index contributed by atoms with van der Waals surface area (Å²) in [6, 6.07) is 8.12. The van der Waals surface area contributed by atoms with Crippen LogP contribution < -0.4 is 4.90 Å². The molecule has 0 fully saturated rings. The van der Waals surface area contributed by atoms with E-state index >= 15 is 0 Å². The Bertz CT molecular complexity index is 449. The molecule has 0 aliphatic rings. The standard InChI is InChI=1S/C15H22BrN3/c1-12(2)11-19(8-7-18(3)4)15-9-14(16)6-5-13(15)10-17/h5-6,9,12H,7-8,11H2,1-4H3. The number of halogens is 1. The predicted molar refractivity (Wildman–Crippen MR) is 84.5 cm³/mol. The van der Waals surface area contributed by atoms with Crippen molar-refractivity contribution >= 4 is 21.6 Å². The summed E-state index contributed by atoms with van der Waals surface area (Å²) in [7, 11) is 4.14. The van der Waals surface area contributed by atoms with Crippen molar-refractivity contribution in [3.63, 3.8) is 0 Å². The van der Waals surface area contributed by atoms with E-state index in [9.17, 15) is 5.26 Å². The molecule has 0 aliphatic carbocycles. The van der Waals surface area contributed by atoms with Crippen molar-refractivity contribution in [1.29, 1.82) is 5.26 Å². The lowest BCUT2D eigenvalue weighted by molar-refractivity contribution is 0.409. The van der Waals surface area contributed by atoms with Gasteiger partial charge < -0.3 is 9.80 Å². The largest absolute Gasteiger partial charge is 0.369 e. The Kier molecular flexibility index (Phi) is 6.33. The molecular formula is C15H22BrN3. The van der Waals surface area contributed by atoms with Gasteiger partial charge in [0.15, 0.2) is 0 Å². The molecule has 0 radical (unpaired) electrons. The van der Waals surface area contributed by atoms with Crippen molar-refractivity contribution in [3.8, 4) is 6.07 Å². The Hall–Kier alpha value is -1.05. The van der Waals surface area contributed by atoms with E-state index < -0.39 is 0 Å². The van der Waals surface area contributed by atoms with E-state index in [1.807, 2.05) is 18.2 Å². The van der Waals surface area contributed by atoms with Crippen LogP contribution in [-0.2, 0) is 0 Å². The highest BCUT2D eigenvalue weighted by Crippen LogP contribution is 2.25. The Balaban J connectivity index is 3.02. The highest BCUT2D eigenvalue weighted by Gasteiger charge is 2.13. The fourth-order valence-corrected chi connectivity index (χ4v) is 2.28. The van der Waals surface area contributed by atoms with Crippen LogP contribution in [0.3, 0.4) is 0 Å². The molecule has 0 heterocycles. The third kappa shape index (κ3) is 5.22. The van der Waals surface area contributed by atoms with Gasteiger partial charge in [0, 0.05) is 24.1 Å². The number of likely N-dealkylation sites (N-methyl/N-ethyl adjacent to an activating group) is 1. The topological polar surface area (TPSA) is 30.3 Å². The number of hydrogen-bond acceptors (Lipinski definition) is 3. The van der Waals surface area contributed by atoms with E-state index in [2.05, 4.69) is 59.7 Å². The summed E-state index contributed by atoms with van der Waals surface area (Å²) in [5.74, 6) is 0.563. The average molecular weight is 324 g/mol. The van der Waals surface area contributed by atoms with Gasteiger partial charge in [0.1, 0.15) is 6.07 Å². The third-order valence-electron chi connectivity index (χ3n) is 2.82. The number of anilines is 1. The van der Waals surface area contributed by atoms with Crippen molar-refractivity contribution in [2.24, 2.45) is 5.92 Å². The van der Waals surface area contributed by atoms with Gasteiger partial charge in [0.25, 0.3) is 0 Å². The van der Waals surface area contributed by atoms with E-state index in [1.54, 1.807) is 0 Å². The molecule has 0 aromatic heterocycles. The molecule has 0 aliphatic heterocycles. The summed E-state index contributed by atoms with van der Waals surface area (Å²) in [5.41, 5.74) is 1.76. The molecule has 0 saturated carbocycles. The molecule has 0 unspecified atom stereocenters. The Morgan fingerprint density at radius 2 is 1.95 bits per heavy atom. The average Bonchev–Trinajstić information content (AvgIpc) is 2.33. The van der Waals surface area contributed by atoms with Crippen molar-refractivity contribution in [2.75, 3.05) is 38.6 Å². The zero-order chi connectivity index (χ0) is 14.4. The summed E-state index contributed by atoms with van der Waals surface area (Å²) >= 11 is 3.49. The molecule has 4 heteroatoms. The van der Waals surface area contributed by atoms with Crippen LogP contribution in [0.5, 0.6) is 0 Å². The second-order valence-corrected chi connectivity index (χ2v) is 6.33. The van der Waals surface area contributed by atoms with E-state index in [0.29, 0.717) is 5.92 Å². The fraction of sp³-hybridized carbons (Fsp3) is 0.533. The zero-order valence-electron chi connectivity index (χ0n) is 12.2. The first kappa shape index (κ1) is 16.0. The zero-order valence-corrected chi connectivity index (χ0v) is 13.7. The van der Waals surface area contributed by atoms with Crippen LogP contribution in [0, 0.1) is 17.2 Å². The maximum Gasteiger partial charge on any atom is 0.101 e. The summed E-state index contributed by atoms with van der Waals surface area (Å²) in [5, 5.41) is 9.27. The smallest absolute Gasteiger partial charge is 0.101 e. The van der Waals surface area contributed by atoms with Gasteiger partial charge in [-0.1, -0.05) is 29.8 Å². The van der Waals surface area contributed by atoms with Gasteiger partial charge in [-0.25, -0.2) is 0 Å². The number of nitrogens with zero attached hydrogens (tertiary/aromatic N) is 3. The van der Waals surface area contributed by atoms with E-state index in [4.69, 9.17) is 0 Å². The first-order chi connectivity index (χ1) is 8.93. The molecule has 0 N–H and O–H groups in total. The molecule has 0 amide bonds. The highest BCUT2D eigenvalue weighted by molar-refractivity contribution is 9.10. The van der Waals surface area contributed by atoms with Gasteiger partial charge in [-0.3, -0.25) is 0 Å². The van der Waals surface area contributed by atoms with Crippen molar-refractivity contribution in [1.82, 2.24) is 4.90 Å². The van der Waals surface area contributed by atoms with Crippen LogP contribution in [0.4, 0.5) is 5.69 Å². The number of hydrogen-bond donors (Lipinski definition) is 0. The van der Waals surface area contributed by atoms with Gasteiger partial charge >= 0.3 is 0 Å². The Morgan fingerprint density at radius 1 is 1.26 bits per heavy atom. The molecule has 19 heavy (non-hydrogen) atoms. The minimum Gasteiger partial charge on any atom is -0.369 e. The van der Waals surface area contributed by atoms with Crippen molar-refractivity contribution in [3.05, 3.63) is 28.2 Å². The van der Waals surface area contributed by atoms with Gasteiger partial charge in [-0.15, -0.1) is 0 Å². The van der Waals surface area contributed by atoms with E-state index in [-0.39, 0.29) is 0 Å². The maximum absolute atomic E-state index is 9.27. The third-order valence-corrected chi connectivity index (χ3v) is 3.32. The fourth-order valence-electron chi connectivity index (χ4n) is 1.93. The summed E-state index contributed by atoms with van der Waals surface area (Å²) < 4.78 is 1.01. The molecule has 0 saturated heterocycles. The van der Waals surface area contributed by atoms with Crippen LogP contribution in [0.15, 0.2) is 22.7 Å². The normalized spacial score (nSPS) is 10.8. The Morgan fingerprint density at radius 3 is 2.47 bits per heavy atom. The molecule has 1 rings (SSSR count). The minimum absolute atomic E-state index is 0.563. The maximum atomic E-state index is 9.27. The molecule has 0 bridgehead atoms. The molecule has 0 atom stereocenters. The molecule has 0 spiro atoms. The molecular weight excluding hydrogens is 302 g/mol. The summed E-state index contributed by atoms with van der Waals surface area (Å²) in [6.45, 7) is 7.26. The number of benzene rings is 1. The number of rotatable bonds is 6. The van der Waals surface area contributed by atoms with Gasteiger partial charge in [-0.05, 0) is 38.2 Å². The van der Waals surface area contributed by atoms with Crippen molar-refractivity contribution in [2.45, 2.75) is 13.8 Å². The lowest BCUT2D eigenvalue weighted by atomic mass is 10.1. The second kappa shape index (κ2) is 7.52. The van der Waals surface area contributed by atoms with Crippen LogP contribution >= 0.6 is 15.9 Å². The monoisotopic (exact) mass is 323 g/mol. The van der Waals surface area contributed by atoms with Gasteiger partial charge in [-0.2, -0.15) is 5.26 Å². The molecule has 104 valence electrons. The summed E-state index contributed by atoms with van der Waals surface area (Å²) in [4.78, 5) is 4.46. The molecule has 1 aromatic rings. The van der Waals surface area contributed by atoms with E-state index in [0.717, 1.165) is 35.4 Å². The highest BCUT2D eigenvalue weighted by atomic mass is 79.9. The molecule has 3 nitrogen and oxygen atoms in total. The van der Waals surface area contributed by atoms with Crippen LogP contribution in [0.25, 0.3) is 0 Å². The van der Waals surface area contributed by atoms with Crippen LogP contribution in [0.2, 0.25) is 0 Å². The Labute approximate surface area is 124 Å². The van der Waals surface area contributed by atoms with Gasteiger partial charge in [0.05, 0.1) is 11.3 Å². The predicted octanol–water partition coefficient (Wildman–Crippen LogP) is 3.34. The SMILES string of the molecule is CC(C)CN(CCN(C)C)c1cc(Br)ccc1C#N. The molecule has 1 aromatic carbocycles. The van der Waals surface area contributed by atoms with E-state index in [1.165, 1.54) is 0 Å². The van der Waals surface area contributed by atoms with Crippen LogP contribution in [-0.4, -0.2) is 38.6 Å². The quantitative estimate of drug-likeness (QED) is 0.804. The minimum atomic E-state index is 0.563. The summed E-state index contributed by atoms with van der Waals surface area (Å²) in [6.07, 6.45) is 0. The second-order valence-electron chi connectivity index (χ2n) is 5.42. The van der Waals surface area contributed by atoms with Crippen molar-refractivity contribution < 1.29 is 0 Å². The number of nitriles is 1. The first-order valence-electron chi connectivity index (χ1n) is 6.53. The first-order valence-corrected chi connectivity index (χ1v) is 7.32. The lowest BCUT2D eigenvalue weighted by Crippen LogP contribution is -2.34. The van der Waals surface area contributed by atoms with Gasteiger partial charge in [0.2, 0.25) is 0 Å².